The van der Waals surface area contributed by atoms with Crippen molar-refractivity contribution in [1.82, 2.24) is 16.0 Å². The second-order valence-electron chi connectivity index (χ2n) is 8.66. The number of rotatable bonds is 18. The lowest BCUT2D eigenvalue weighted by Gasteiger charge is -2.25. The third kappa shape index (κ3) is 14.4. The summed E-state index contributed by atoms with van der Waals surface area (Å²) < 4.78 is 0. The molecule has 12 N–H and O–H groups in total. The van der Waals surface area contributed by atoms with Crippen LogP contribution >= 0.6 is 11.8 Å². The Kier molecular flexibility index (Phi) is 15.9. The van der Waals surface area contributed by atoms with Crippen LogP contribution in [0.2, 0.25) is 0 Å². The molecule has 0 aromatic heterocycles. The number of amides is 4. The molecule has 0 aliphatic heterocycles. The van der Waals surface area contributed by atoms with Gasteiger partial charge in [-0.1, -0.05) is 13.8 Å². The fourth-order valence-corrected chi connectivity index (χ4v) is 3.55. The monoisotopic (exact) mass is 532 g/mol. The van der Waals surface area contributed by atoms with Crippen molar-refractivity contribution in [1.29, 1.82) is 0 Å². The summed E-state index contributed by atoms with van der Waals surface area (Å²) in [6.45, 7) is 3.95. The molecule has 0 aliphatic carbocycles. The molecule has 36 heavy (non-hydrogen) atoms. The highest BCUT2D eigenvalue weighted by molar-refractivity contribution is 7.98. The summed E-state index contributed by atoms with van der Waals surface area (Å²) in [5, 5.41) is 16.7. The number of nitrogens with two attached hydrogens (primary N) is 4. The molecule has 4 unspecified atom stereocenters. The predicted octanol–water partition coefficient (Wildman–Crippen LogP) is -2.42. The van der Waals surface area contributed by atoms with Crippen LogP contribution in [0.1, 0.15) is 46.0 Å². The minimum absolute atomic E-state index is 0.0227. The molecule has 0 radical (unpaired) electrons. The number of nitrogens with one attached hydrogen (secondary N) is 3. The van der Waals surface area contributed by atoms with Crippen molar-refractivity contribution in [2.45, 2.75) is 70.1 Å². The van der Waals surface area contributed by atoms with E-state index in [9.17, 15) is 29.1 Å². The number of hydrogen-bond donors (Lipinski definition) is 8. The maximum absolute atomic E-state index is 13.0. The lowest BCUT2D eigenvalue weighted by molar-refractivity contribution is -0.142. The number of primary amides is 1. The van der Waals surface area contributed by atoms with Crippen LogP contribution in [0, 0.1) is 5.92 Å². The maximum atomic E-state index is 13.0. The highest BCUT2D eigenvalue weighted by Gasteiger charge is 2.31. The number of thioether (sulfide) groups is 1. The minimum Gasteiger partial charge on any atom is -0.480 e. The van der Waals surface area contributed by atoms with E-state index in [1.807, 2.05) is 13.8 Å². The van der Waals surface area contributed by atoms with Gasteiger partial charge in [-0.15, -0.1) is 0 Å². The smallest absolute Gasteiger partial charge is 0.326 e. The van der Waals surface area contributed by atoms with E-state index in [0.29, 0.717) is 12.2 Å². The van der Waals surface area contributed by atoms with Gasteiger partial charge >= 0.3 is 5.97 Å². The molecule has 0 saturated carbocycles. The van der Waals surface area contributed by atoms with Gasteiger partial charge in [-0.3, -0.25) is 24.2 Å². The Balaban J connectivity index is 5.39. The number of aliphatic carboxylic acids is 1. The molecule has 14 nitrogen and oxygen atoms in total. The molecule has 0 bridgehead atoms. The van der Waals surface area contributed by atoms with Gasteiger partial charge in [0.25, 0.3) is 0 Å². The van der Waals surface area contributed by atoms with E-state index >= 15 is 0 Å². The third-order valence-electron chi connectivity index (χ3n) is 4.91. The van der Waals surface area contributed by atoms with Gasteiger partial charge < -0.3 is 44.0 Å². The molecule has 0 fully saturated rings. The Labute approximate surface area is 215 Å². The summed E-state index contributed by atoms with van der Waals surface area (Å²) in [5.41, 5.74) is 21.7. The number of guanidine groups is 1. The van der Waals surface area contributed by atoms with Crippen molar-refractivity contribution in [2.75, 3.05) is 18.6 Å². The predicted molar refractivity (Wildman–Crippen MR) is 138 cm³/mol. The van der Waals surface area contributed by atoms with E-state index in [4.69, 9.17) is 22.9 Å². The van der Waals surface area contributed by atoms with Crippen molar-refractivity contribution in [3.63, 3.8) is 0 Å². The molecule has 0 aromatic rings. The SMILES string of the molecule is CSCCC(NC(=O)C(CC(N)=O)NC(=O)C(CC(C)C)NC(=O)C(N)CCCN=C(N)N)C(=O)O. The van der Waals surface area contributed by atoms with Gasteiger partial charge in [-0.25, -0.2) is 4.79 Å². The summed E-state index contributed by atoms with van der Waals surface area (Å²) >= 11 is 1.40. The molecule has 0 aromatic carbocycles. The van der Waals surface area contributed by atoms with Gasteiger partial charge in [0.1, 0.15) is 18.1 Å². The van der Waals surface area contributed by atoms with E-state index in [1.165, 1.54) is 11.8 Å². The van der Waals surface area contributed by atoms with Crippen molar-refractivity contribution in [3.05, 3.63) is 0 Å². The van der Waals surface area contributed by atoms with E-state index in [-0.39, 0.29) is 37.7 Å². The van der Waals surface area contributed by atoms with Crippen LogP contribution < -0.4 is 38.9 Å². The number of carboxylic acid groups (broad SMARTS) is 1. The van der Waals surface area contributed by atoms with Crippen molar-refractivity contribution < 1.29 is 29.1 Å². The zero-order valence-corrected chi connectivity index (χ0v) is 21.8. The number of carboxylic acids is 1. The highest BCUT2D eigenvalue weighted by Crippen LogP contribution is 2.08. The van der Waals surface area contributed by atoms with Crippen LogP contribution in [0.3, 0.4) is 0 Å². The van der Waals surface area contributed by atoms with E-state index in [0.717, 1.165) is 0 Å². The van der Waals surface area contributed by atoms with Crippen molar-refractivity contribution in [2.24, 2.45) is 33.8 Å². The fourth-order valence-electron chi connectivity index (χ4n) is 3.08. The van der Waals surface area contributed by atoms with Crippen LogP contribution in [0.15, 0.2) is 4.99 Å². The molecule has 15 heteroatoms. The Hall–Kier alpha value is -3.07. The standard InChI is InChI=1S/C21H40N8O6S/c1-11(2)9-14(28-17(31)12(22)5-4-7-26-21(24)25)18(32)29-15(10-16(23)30)19(33)27-13(20(34)35)6-8-36-3/h11-15H,4-10,22H2,1-3H3,(H2,23,30)(H,27,33)(H,28,31)(H,29,32)(H,34,35)(H4,24,25,26). The molecule has 4 atom stereocenters. The molecule has 4 amide bonds. The van der Waals surface area contributed by atoms with Gasteiger partial charge in [-0.05, 0) is 43.6 Å². The average molecular weight is 533 g/mol. The minimum atomic E-state index is -1.43. The number of hydrogen-bond acceptors (Lipinski definition) is 8. The van der Waals surface area contributed by atoms with Crippen LogP contribution in [0.25, 0.3) is 0 Å². The van der Waals surface area contributed by atoms with Crippen molar-refractivity contribution in [3.8, 4) is 0 Å². The maximum Gasteiger partial charge on any atom is 0.326 e. The molecule has 206 valence electrons. The summed E-state index contributed by atoms with van der Waals surface area (Å²) in [6.07, 6.45) is 2.30. The first-order valence-electron chi connectivity index (χ1n) is 11.5. The zero-order valence-electron chi connectivity index (χ0n) is 21.0. The number of aliphatic imine (C=N–C) groups is 1. The lowest BCUT2D eigenvalue weighted by Crippen LogP contribution is -2.58. The summed E-state index contributed by atoms with van der Waals surface area (Å²) in [4.78, 5) is 65.1. The first-order valence-corrected chi connectivity index (χ1v) is 12.9. The first-order chi connectivity index (χ1) is 16.8. The Morgan fingerprint density at radius 3 is 1.94 bits per heavy atom. The normalized spacial score (nSPS) is 14.1. The highest BCUT2D eigenvalue weighted by atomic mass is 32.2. The average Bonchev–Trinajstić information content (AvgIpc) is 2.77. The molecule has 0 spiro atoms. The molecule has 0 rings (SSSR count). The third-order valence-corrected chi connectivity index (χ3v) is 5.55. The summed E-state index contributed by atoms with van der Waals surface area (Å²) in [7, 11) is 0. The molecular formula is C21H40N8O6S. The summed E-state index contributed by atoms with van der Waals surface area (Å²) in [6, 6.07) is -4.62. The van der Waals surface area contributed by atoms with Gasteiger partial charge in [0, 0.05) is 6.54 Å². The number of carbonyl (C=O) groups excluding carboxylic acids is 4. The van der Waals surface area contributed by atoms with Gasteiger partial charge in [0.2, 0.25) is 23.6 Å². The zero-order chi connectivity index (χ0) is 27.8. The number of nitrogens with zero attached hydrogens (tertiary/aromatic N) is 1. The fraction of sp³-hybridized carbons (Fsp3) is 0.714. The summed E-state index contributed by atoms with van der Waals surface area (Å²) in [5.74, 6) is -3.94. The molecule has 0 saturated heterocycles. The van der Waals surface area contributed by atoms with E-state index in [2.05, 4.69) is 20.9 Å². The van der Waals surface area contributed by atoms with Crippen LogP contribution in [0.4, 0.5) is 0 Å². The second-order valence-corrected chi connectivity index (χ2v) is 9.64. The number of carbonyl (C=O) groups is 5. The van der Waals surface area contributed by atoms with Gasteiger partial charge in [0.05, 0.1) is 12.5 Å². The van der Waals surface area contributed by atoms with E-state index in [1.54, 1.807) is 6.26 Å². The van der Waals surface area contributed by atoms with Crippen LogP contribution in [-0.2, 0) is 24.0 Å². The Morgan fingerprint density at radius 1 is 0.889 bits per heavy atom. The molecule has 0 heterocycles. The Morgan fingerprint density at radius 2 is 1.44 bits per heavy atom. The van der Waals surface area contributed by atoms with E-state index < -0.39 is 60.2 Å². The van der Waals surface area contributed by atoms with Gasteiger partial charge in [-0.2, -0.15) is 11.8 Å². The lowest BCUT2D eigenvalue weighted by atomic mass is 10.0. The largest absolute Gasteiger partial charge is 0.480 e. The van der Waals surface area contributed by atoms with Crippen molar-refractivity contribution >= 4 is 47.3 Å². The van der Waals surface area contributed by atoms with Gasteiger partial charge in [0.15, 0.2) is 5.96 Å². The van der Waals surface area contributed by atoms with Crippen LogP contribution in [-0.4, -0.2) is 83.4 Å². The Bertz CT molecular complexity index is 790. The molecule has 0 aliphatic rings. The second kappa shape index (κ2) is 17.4. The van der Waals surface area contributed by atoms with Crippen LogP contribution in [0.5, 0.6) is 0 Å². The topological polar surface area (TPSA) is 258 Å². The quantitative estimate of drug-likeness (QED) is 0.0526. The first kappa shape index (κ1) is 32.9. The molecular weight excluding hydrogens is 492 g/mol.